The zero-order valence-electron chi connectivity index (χ0n) is 17.5. The Labute approximate surface area is 187 Å². The average Bonchev–Trinajstić information content (AvgIpc) is 2.77. The van der Waals surface area contributed by atoms with Gasteiger partial charge in [0.05, 0.1) is 10.8 Å². The molecule has 11 heteroatoms. The largest absolute Gasteiger partial charge is 0.369 e. The van der Waals surface area contributed by atoms with Crippen LogP contribution in [0.25, 0.3) is 5.69 Å². The fourth-order valence-electron chi connectivity index (χ4n) is 3.22. The highest BCUT2D eigenvalue weighted by Gasteiger charge is 2.22. The molecule has 2 aromatic carbocycles. The number of carbonyl (C=O) groups excluding carboxylic acids is 2. The van der Waals surface area contributed by atoms with Crippen LogP contribution in [0.2, 0.25) is 0 Å². The molecule has 3 rings (SSSR count). The molecule has 3 N–H and O–H groups in total. The summed E-state index contributed by atoms with van der Waals surface area (Å²) in [4.78, 5) is 47.7. The molecule has 0 fully saturated rings. The van der Waals surface area contributed by atoms with Gasteiger partial charge in [0, 0.05) is 24.4 Å². The molecule has 0 bridgehead atoms. The molecule has 1 atom stereocenters. The van der Waals surface area contributed by atoms with E-state index in [9.17, 15) is 28.9 Å². The molecule has 10 nitrogen and oxygen atoms in total. The summed E-state index contributed by atoms with van der Waals surface area (Å²) < 4.78 is 14.2. The van der Waals surface area contributed by atoms with Crippen molar-refractivity contribution < 1.29 is 18.9 Å². The number of aromatic nitrogens is 2. The summed E-state index contributed by atoms with van der Waals surface area (Å²) in [6.45, 7) is 1.34. The Morgan fingerprint density at radius 1 is 1.21 bits per heavy atom. The molecule has 0 radical (unpaired) electrons. The number of amides is 2. The van der Waals surface area contributed by atoms with Crippen molar-refractivity contribution in [3.8, 4) is 5.69 Å². The third-order valence-electron chi connectivity index (χ3n) is 4.94. The number of nitrogens with zero attached hydrogens (tertiary/aromatic N) is 3. The summed E-state index contributed by atoms with van der Waals surface area (Å²) in [5.74, 6) is -2.79. The smallest absolute Gasteiger partial charge is 0.294 e. The van der Waals surface area contributed by atoms with E-state index in [2.05, 4.69) is 10.4 Å². The van der Waals surface area contributed by atoms with E-state index in [-0.39, 0.29) is 30.0 Å². The number of nitro benzene ring substituents is 1. The minimum atomic E-state index is -0.863. The van der Waals surface area contributed by atoms with Gasteiger partial charge in [0.15, 0.2) is 5.69 Å². The number of hydrogen-bond donors (Lipinski definition) is 2. The summed E-state index contributed by atoms with van der Waals surface area (Å²) in [6, 6.07) is 12.4. The van der Waals surface area contributed by atoms with Gasteiger partial charge in [0.1, 0.15) is 11.5 Å². The van der Waals surface area contributed by atoms with E-state index < -0.39 is 39.6 Å². The third kappa shape index (κ3) is 5.45. The van der Waals surface area contributed by atoms with Crippen LogP contribution in [0.5, 0.6) is 0 Å². The van der Waals surface area contributed by atoms with Crippen molar-refractivity contribution in [3.63, 3.8) is 0 Å². The number of rotatable bonds is 8. The molecular weight excluding hydrogens is 433 g/mol. The SMILES string of the molecule is Cc1cc(=O)c(C(=O)NCC(Cc2ccc(F)cc2)C(N)=O)nn1-c1ccccc1[N+](=O)[O-]. The first-order valence-corrected chi connectivity index (χ1v) is 9.84. The number of hydrogen-bond acceptors (Lipinski definition) is 6. The van der Waals surface area contributed by atoms with Crippen LogP contribution in [-0.4, -0.2) is 33.1 Å². The van der Waals surface area contributed by atoms with Gasteiger partial charge in [-0.05, 0) is 37.1 Å². The number of halogens is 1. The van der Waals surface area contributed by atoms with Gasteiger partial charge in [-0.2, -0.15) is 5.10 Å². The Kier molecular flexibility index (Phi) is 6.91. The second kappa shape index (κ2) is 9.81. The number of primary amides is 1. The Balaban J connectivity index is 1.84. The van der Waals surface area contributed by atoms with Gasteiger partial charge < -0.3 is 11.1 Å². The summed E-state index contributed by atoms with van der Waals surface area (Å²) >= 11 is 0. The van der Waals surface area contributed by atoms with Crippen molar-refractivity contribution in [1.29, 1.82) is 0 Å². The first kappa shape index (κ1) is 23.3. The van der Waals surface area contributed by atoms with Crippen molar-refractivity contribution in [1.82, 2.24) is 15.1 Å². The minimum absolute atomic E-state index is 0.0837. The van der Waals surface area contributed by atoms with Gasteiger partial charge in [-0.3, -0.25) is 24.5 Å². The molecule has 170 valence electrons. The van der Waals surface area contributed by atoms with Crippen LogP contribution < -0.4 is 16.5 Å². The average molecular weight is 453 g/mol. The maximum atomic E-state index is 13.1. The first-order chi connectivity index (χ1) is 15.7. The van der Waals surface area contributed by atoms with E-state index in [0.29, 0.717) is 5.56 Å². The zero-order chi connectivity index (χ0) is 24.1. The molecule has 1 aromatic heterocycles. The van der Waals surface area contributed by atoms with Crippen LogP contribution in [0, 0.1) is 28.8 Å². The predicted molar refractivity (Wildman–Crippen MR) is 116 cm³/mol. The van der Waals surface area contributed by atoms with E-state index in [1.807, 2.05) is 0 Å². The lowest BCUT2D eigenvalue weighted by Crippen LogP contribution is -2.39. The highest BCUT2D eigenvalue weighted by molar-refractivity contribution is 5.92. The van der Waals surface area contributed by atoms with Crippen molar-refractivity contribution in [2.45, 2.75) is 13.3 Å². The molecule has 2 amide bonds. The molecule has 0 saturated heterocycles. The van der Waals surface area contributed by atoms with Crippen LogP contribution >= 0.6 is 0 Å². The topological polar surface area (TPSA) is 150 Å². The van der Waals surface area contributed by atoms with Gasteiger partial charge in [-0.15, -0.1) is 0 Å². The highest BCUT2D eigenvalue weighted by Crippen LogP contribution is 2.22. The Bertz CT molecular complexity index is 1270. The standard InChI is InChI=1S/C22H20FN5O5/c1-13-10-19(29)20(26-27(13)17-4-2-3-5-18(17)28(32)33)22(31)25-12-15(21(24)30)11-14-6-8-16(23)9-7-14/h2-10,15H,11-12H2,1H3,(H2,24,30)(H,25,31). The first-order valence-electron chi connectivity index (χ1n) is 9.84. The lowest BCUT2D eigenvalue weighted by molar-refractivity contribution is -0.384. The molecule has 1 unspecified atom stereocenters. The van der Waals surface area contributed by atoms with E-state index in [4.69, 9.17) is 5.73 Å². The van der Waals surface area contributed by atoms with Gasteiger partial charge in [-0.25, -0.2) is 9.07 Å². The summed E-state index contributed by atoms with van der Waals surface area (Å²) in [5.41, 5.74) is 5.00. The van der Waals surface area contributed by atoms with Gasteiger partial charge in [0.25, 0.3) is 11.6 Å². The molecule has 0 aliphatic rings. The molecule has 0 aliphatic carbocycles. The molecule has 0 saturated carbocycles. The number of nitrogens with one attached hydrogen (secondary N) is 1. The second-order valence-corrected chi connectivity index (χ2v) is 7.30. The number of para-hydroxylation sites is 2. The molecular formula is C22H20FN5O5. The minimum Gasteiger partial charge on any atom is -0.369 e. The zero-order valence-corrected chi connectivity index (χ0v) is 17.5. The molecule has 3 aromatic rings. The van der Waals surface area contributed by atoms with E-state index >= 15 is 0 Å². The Morgan fingerprint density at radius 2 is 1.88 bits per heavy atom. The molecule has 33 heavy (non-hydrogen) atoms. The van der Waals surface area contributed by atoms with Crippen LogP contribution in [0.1, 0.15) is 21.7 Å². The predicted octanol–water partition coefficient (Wildman–Crippen LogP) is 1.66. The normalized spacial score (nSPS) is 11.6. The Hall–Kier alpha value is -4.41. The summed E-state index contributed by atoms with van der Waals surface area (Å²) in [7, 11) is 0. The summed E-state index contributed by atoms with van der Waals surface area (Å²) in [6.07, 6.45) is 0.150. The van der Waals surface area contributed by atoms with E-state index in [1.165, 1.54) is 49.4 Å². The number of nitrogens with two attached hydrogens (primary N) is 1. The third-order valence-corrected chi connectivity index (χ3v) is 4.94. The lowest BCUT2D eigenvalue weighted by atomic mass is 9.98. The number of nitro groups is 1. The van der Waals surface area contributed by atoms with Crippen molar-refractivity contribution >= 4 is 17.5 Å². The maximum Gasteiger partial charge on any atom is 0.294 e. The second-order valence-electron chi connectivity index (χ2n) is 7.30. The lowest BCUT2D eigenvalue weighted by Gasteiger charge is -2.15. The highest BCUT2D eigenvalue weighted by atomic mass is 19.1. The quantitative estimate of drug-likeness (QED) is 0.391. The van der Waals surface area contributed by atoms with Gasteiger partial charge >= 0.3 is 0 Å². The van der Waals surface area contributed by atoms with Crippen LogP contribution in [0.15, 0.2) is 59.4 Å². The van der Waals surface area contributed by atoms with Crippen molar-refractivity contribution in [2.24, 2.45) is 11.7 Å². The number of carbonyl (C=O) groups is 2. The molecule has 0 aliphatic heterocycles. The summed E-state index contributed by atoms with van der Waals surface area (Å²) in [5, 5.41) is 17.9. The molecule has 0 spiro atoms. The van der Waals surface area contributed by atoms with Gasteiger partial charge in [0.2, 0.25) is 11.3 Å². The monoisotopic (exact) mass is 453 g/mol. The van der Waals surface area contributed by atoms with E-state index in [1.54, 1.807) is 6.07 Å². The van der Waals surface area contributed by atoms with Gasteiger partial charge in [-0.1, -0.05) is 24.3 Å². The fourth-order valence-corrected chi connectivity index (χ4v) is 3.22. The van der Waals surface area contributed by atoms with Crippen molar-refractivity contribution in [3.05, 3.63) is 97.7 Å². The van der Waals surface area contributed by atoms with Crippen LogP contribution in [-0.2, 0) is 11.2 Å². The maximum absolute atomic E-state index is 13.1. The van der Waals surface area contributed by atoms with E-state index in [0.717, 1.165) is 10.7 Å². The van der Waals surface area contributed by atoms with Crippen LogP contribution in [0.3, 0.4) is 0 Å². The number of aryl methyl sites for hydroxylation is 1. The Morgan fingerprint density at radius 3 is 2.52 bits per heavy atom. The molecule has 1 heterocycles. The number of benzene rings is 2. The van der Waals surface area contributed by atoms with Crippen molar-refractivity contribution in [2.75, 3.05) is 6.54 Å². The van der Waals surface area contributed by atoms with Crippen LogP contribution in [0.4, 0.5) is 10.1 Å². The fraction of sp³-hybridized carbons (Fsp3) is 0.182.